The Morgan fingerprint density at radius 3 is 2.52 bits per heavy atom. The van der Waals surface area contributed by atoms with Crippen LogP contribution in [0.15, 0.2) is 0 Å². The molecule has 118 valence electrons. The Balaban J connectivity index is 1.95. The normalized spacial score (nSPS) is 20.7. The molecule has 0 saturated heterocycles. The lowest BCUT2D eigenvalue weighted by molar-refractivity contribution is 0.00284. The van der Waals surface area contributed by atoms with Crippen LogP contribution in [0.3, 0.4) is 0 Å². The molecule has 0 amide bonds. The molecule has 0 aromatic carbocycles. The summed E-state index contributed by atoms with van der Waals surface area (Å²) < 4.78 is 11.1. The predicted molar refractivity (Wildman–Crippen MR) is 81.8 cm³/mol. The molecule has 0 atom stereocenters. The summed E-state index contributed by atoms with van der Waals surface area (Å²) >= 11 is 0. The molecule has 2 N–H and O–H groups in total. The van der Waals surface area contributed by atoms with Gasteiger partial charge in [0.2, 0.25) is 11.9 Å². The second-order valence-electron chi connectivity index (χ2n) is 5.03. The average Bonchev–Trinajstić information content (AvgIpc) is 2.43. The minimum Gasteiger partial charge on any atom is -0.463 e. The van der Waals surface area contributed by atoms with Crippen molar-refractivity contribution in [2.24, 2.45) is 0 Å². The first kappa shape index (κ1) is 15.8. The van der Waals surface area contributed by atoms with E-state index in [0.29, 0.717) is 36.7 Å². The summed E-state index contributed by atoms with van der Waals surface area (Å²) in [5, 5.41) is 6.42. The van der Waals surface area contributed by atoms with E-state index in [0.717, 1.165) is 32.4 Å². The van der Waals surface area contributed by atoms with Crippen molar-refractivity contribution in [1.29, 1.82) is 0 Å². The SMILES string of the molecule is CCCOc1nc(NCC)nc(NC2CC(OCC)C2)n1. The Morgan fingerprint density at radius 2 is 1.86 bits per heavy atom. The van der Waals surface area contributed by atoms with Gasteiger partial charge in [-0.3, -0.25) is 0 Å². The van der Waals surface area contributed by atoms with Gasteiger partial charge in [0, 0.05) is 19.2 Å². The van der Waals surface area contributed by atoms with Gasteiger partial charge in [-0.05, 0) is 33.1 Å². The van der Waals surface area contributed by atoms with E-state index in [1.807, 2.05) is 20.8 Å². The minimum atomic E-state index is 0.359. The first-order valence-corrected chi connectivity index (χ1v) is 7.76. The Labute approximate surface area is 125 Å². The van der Waals surface area contributed by atoms with E-state index in [2.05, 4.69) is 25.6 Å². The number of ether oxygens (including phenoxy) is 2. The zero-order valence-electron chi connectivity index (χ0n) is 13.1. The van der Waals surface area contributed by atoms with Crippen LogP contribution in [-0.4, -0.2) is 46.9 Å². The summed E-state index contributed by atoms with van der Waals surface area (Å²) in [6, 6.07) is 0.725. The molecule has 1 aliphatic carbocycles. The van der Waals surface area contributed by atoms with Crippen LogP contribution in [0.2, 0.25) is 0 Å². The third-order valence-corrected chi connectivity index (χ3v) is 3.22. The second kappa shape index (κ2) is 7.97. The number of hydrogen-bond acceptors (Lipinski definition) is 7. The van der Waals surface area contributed by atoms with Crippen molar-refractivity contribution in [3.8, 4) is 6.01 Å². The molecular formula is C14H25N5O2. The molecular weight excluding hydrogens is 270 g/mol. The summed E-state index contributed by atoms with van der Waals surface area (Å²) in [4.78, 5) is 12.9. The summed E-state index contributed by atoms with van der Waals surface area (Å²) in [6.45, 7) is 8.20. The summed E-state index contributed by atoms with van der Waals surface area (Å²) in [5.41, 5.74) is 0. The molecule has 1 aromatic heterocycles. The highest BCUT2D eigenvalue weighted by molar-refractivity contribution is 5.37. The highest BCUT2D eigenvalue weighted by Crippen LogP contribution is 2.26. The van der Waals surface area contributed by atoms with E-state index >= 15 is 0 Å². The monoisotopic (exact) mass is 295 g/mol. The lowest BCUT2D eigenvalue weighted by Gasteiger charge is -2.35. The van der Waals surface area contributed by atoms with Crippen molar-refractivity contribution in [2.45, 2.75) is 52.2 Å². The topological polar surface area (TPSA) is 81.2 Å². The van der Waals surface area contributed by atoms with Crippen LogP contribution in [0, 0.1) is 0 Å². The molecule has 0 bridgehead atoms. The number of nitrogens with zero attached hydrogens (tertiary/aromatic N) is 3. The molecule has 0 aliphatic heterocycles. The number of aromatic nitrogens is 3. The third kappa shape index (κ3) is 4.70. The maximum absolute atomic E-state index is 5.55. The predicted octanol–water partition coefficient (Wildman–Crippen LogP) is 2.07. The van der Waals surface area contributed by atoms with Gasteiger partial charge in [0.05, 0.1) is 12.7 Å². The van der Waals surface area contributed by atoms with Gasteiger partial charge in [-0.1, -0.05) is 6.92 Å². The quantitative estimate of drug-likeness (QED) is 0.721. The molecule has 21 heavy (non-hydrogen) atoms. The number of hydrogen-bond donors (Lipinski definition) is 2. The van der Waals surface area contributed by atoms with Crippen LogP contribution in [0.25, 0.3) is 0 Å². The van der Waals surface area contributed by atoms with Gasteiger partial charge in [-0.25, -0.2) is 0 Å². The van der Waals surface area contributed by atoms with Crippen molar-refractivity contribution >= 4 is 11.9 Å². The second-order valence-corrected chi connectivity index (χ2v) is 5.03. The van der Waals surface area contributed by atoms with E-state index in [1.165, 1.54) is 0 Å². The van der Waals surface area contributed by atoms with Crippen LogP contribution in [0.5, 0.6) is 6.01 Å². The van der Waals surface area contributed by atoms with Gasteiger partial charge < -0.3 is 20.1 Å². The Kier molecular flexibility index (Phi) is 5.98. The Hall–Kier alpha value is -1.63. The zero-order valence-corrected chi connectivity index (χ0v) is 13.1. The Bertz CT molecular complexity index is 437. The van der Waals surface area contributed by atoms with E-state index in [4.69, 9.17) is 9.47 Å². The van der Waals surface area contributed by atoms with Gasteiger partial charge in [0.15, 0.2) is 0 Å². The van der Waals surface area contributed by atoms with Gasteiger partial charge >= 0.3 is 6.01 Å². The van der Waals surface area contributed by atoms with Crippen molar-refractivity contribution in [2.75, 3.05) is 30.4 Å². The van der Waals surface area contributed by atoms with Crippen LogP contribution in [-0.2, 0) is 4.74 Å². The molecule has 1 heterocycles. The molecule has 7 heteroatoms. The number of rotatable bonds is 9. The van der Waals surface area contributed by atoms with Crippen molar-refractivity contribution in [1.82, 2.24) is 15.0 Å². The smallest absolute Gasteiger partial charge is 0.323 e. The molecule has 0 unspecified atom stereocenters. The van der Waals surface area contributed by atoms with E-state index in [1.54, 1.807) is 0 Å². The van der Waals surface area contributed by atoms with Crippen LogP contribution < -0.4 is 15.4 Å². The third-order valence-electron chi connectivity index (χ3n) is 3.22. The molecule has 1 fully saturated rings. The van der Waals surface area contributed by atoms with E-state index < -0.39 is 0 Å². The molecule has 0 spiro atoms. The molecule has 0 radical (unpaired) electrons. The van der Waals surface area contributed by atoms with Gasteiger partial charge in [0.25, 0.3) is 0 Å². The average molecular weight is 295 g/mol. The fourth-order valence-electron chi connectivity index (χ4n) is 2.15. The van der Waals surface area contributed by atoms with Crippen molar-refractivity contribution in [3.63, 3.8) is 0 Å². The molecule has 1 aliphatic rings. The van der Waals surface area contributed by atoms with Gasteiger partial charge in [0.1, 0.15) is 0 Å². The fourth-order valence-corrected chi connectivity index (χ4v) is 2.15. The fraction of sp³-hybridized carbons (Fsp3) is 0.786. The summed E-state index contributed by atoms with van der Waals surface area (Å²) in [5.74, 6) is 1.11. The first-order chi connectivity index (χ1) is 10.2. The number of anilines is 2. The molecule has 2 rings (SSSR count). The zero-order chi connectivity index (χ0) is 15.1. The lowest BCUT2D eigenvalue weighted by atomic mass is 9.89. The standard InChI is InChI=1S/C14H25N5O2/c1-4-7-21-14-18-12(15-5-2)17-13(19-14)16-10-8-11(9-10)20-6-3/h10-11H,4-9H2,1-3H3,(H2,15,16,17,18,19). The van der Waals surface area contributed by atoms with Gasteiger partial charge in [-0.2, -0.15) is 15.0 Å². The summed E-state index contributed by atoms with van der Waals surface area (Å²) in [7, 11) is 0. The van der Waals surface area contributed by atoms with Crippen LogP contribution in [0.4, 0.5) is 11.9 Å². The molecule has 7 nitrogen and oxygen atoms in total. The van der Waals surface area contributed by atoms with Crippen molar-refractivity contribution in [3.05, 3.63) is 0 Å². The maximum Gasteiger partial charge on any atom is 0.323 e. The first-order valence-electron chi connectivity index (χ1n) is 7.76. The molecule has 1 saturated carbocycles. The van der Waals surface area contributed by atoms with E-state index in [-0.39, 0.29) is 0 Å². The number of nitrogens with one attached hydrogen (secondary N) is 2. The van der Waals surface area contributed by atoms with Crippen LogP contribution in [0.1, 0.15) is 40.0 Å². The van der Waals surface area contributed by atoms with Crippen molar-refractivity contribution < 1.29 is 9.47 Å². The van der Waals surface area contributed by atoms with Crippen LogP contribution >= 0.6 is 0 Å². The summed E-state index contributed by atoms with van der Waals surface area (Å²) in [6.07, 6.45) is 3.25. The highest BCUT2D eigenvalue weighted by Gasteiger charge is 2.30. The minimum absolute atomic E-state index is 0.359. The Morgan fingerprint density at radius 1 is 1.10 bits per heavy atom. The van der Waals surface area contributed by atoms with E-state index in [9.17, 15) is 0 Å². The lowest BCUT2D eigenvalue weighted by Crippen LogP contribution is -2.41. The molecule has 1 aromatic rings. The largest absolute Gasteiger partial charge is 0.463 e. The maximum atomic E-state index is 5.55. The highest BCUT2D eigenvalue weighted by atomic mass is 16.5. The van der Waals surface area contributed by atoms with Gasteiger partial charge in [-0.15, -0.1) is 0 Å².